The molecule has 25 heavy (non-hydrogen) atoms. The van der Waals surface area contributed by atoms with Gasteiger partial charge in [0.15, 0.2) is 18.1 Å². The van der Waals surface area contributed by atoms with Crippen LogP contribution < -0.4 is 15.2 Å². The van der Waals surface area contributed by atoms with Gasteiger partial charge >= 0.3 is 0 Å². The first-order chi connectivity index (χ1) is 12.0. The Morgan fingerprint density at radius 3 is 2.40 bits per heavy atom. The normalized spacial score (nSPS) is 29.2. The Kier molecular flexibility index (Phi) is 5.46. The Morgan fingerprint density at radius 2 is 1.84 bits per heavy atom. The van der Waals surface area contributed by atoms with Gasteiger partial charge in [-0.2, -0.15) is 0 Å². The lowest BCUT2D eigenvalue weighted by atomic mass is 9.79. The number of aliphatic hydroxyl groups is 2. The van der Waals surface area contributed by atoms with Gasteiger partial charge in [0.05, 0.1) is 19.3 Å². The Morgan fingerprint density at radius 1 is 1.20 bits per heavy atom. The van der Waals surface area contributed by atoms with Crippen LogP contribution in [0.4, 0.5) is 0 Å². The van der Waals surface area contributed by atoms with Gasteiger partial charge in [-0.3, -0.25) is 9.69 Å². The van der Waals surface area contributed by atoms with E-state index in [2.05, 4.69) is 4.90 Å². The number of carbonyl (C=O) groups excluding carboxylic acids is 1. The fraction of sp³-hybridized carbons (Fsp3) is 0.611. The largest absolute Gasteiger partial charge is 0.493 e. The quantitative estimate of drug-likeness (QED) is 0.673. The van der Waals surface area contributed by atoms with Crippen LogP contribution in [0.15, 0.2) is 18.2 Å². The molecule has 1 amide bonds. The maximum Gasteiger partial charge on any atom is 0.255 e. The summed E-state index contributed by atoms with van der Waals surface area (Å²) in [5, 5.41) is 19.7. The maximum absolute atomic E-state index is 10.9. The molecule has 0 unspecified atom stereocenters. The summed E-state index contributed by atoms with van der Waals surface area (Å²) >= 11 is 0. The molecule has 7 nitrogen and oxygen atoms in total. The number of primary amides is 1. The third-order valence-electron chi connectivity index (χ3n) is 5.19. The SMILES string of the molecule is COc1cc(CN2C[C@H]3C[C@H](O)[C@@H](O)C[C@H]3C2)ccc1OCC(N)=O. The highest BCUT2D eigenvalue weighted by Gasteiger charge is 2.40. The summed E-state index contributed by atoms with van der Waals surface area (Å²) in [7, 11) is 1.56. The molecular weight excluding hydrogens is 324 g/mol. The molecule has 3 rings (SSSR count). The van der Waals surface area contributed by atoms with E-state index in [0.717, 1.165) is 25.2 Å². The molecule has 0 bridgehead atoms. The topological polar surface area (TPSA) is 105 Å². The second-order valence-corrected chi connectivity index (χ2v) is 7.06. The molecule has 1 saturated heterocycles. The van der Waals surface area contributed by atoms with Gasteiger partial charge < -0.3 is 25.4 Å². The van der Waals surface area contributed by atoms with Crippen molar-refractivity contribution in [3.63, 3.8) is 0 Å². The van der Waals surface area contributed by atoms with Crippen molar-refractivity contribution in [1.29, 1.82) is 0 Å². The lowest BCUT2D eigenvalue weighted by Crippen LogP contribution is -2.38. The first-order valence-electron chi connectivity index (χ1n) is 8.62. The van der Waals surface area contributed by atoms with E-state index in [1.807, 2.05) is 12.1 Å². The summed E-state index contributed by atoms with van der Waals surface area (Å²) in [5.41, 5.74) is 6.19. The molecule has 1 saturated carbocycles. The van der Waals surface area contributed by atoms with Gasteiger partial charge in [-0.05, 0) is 42.4 Å². The molecule has 0 radical (unpaired) electrons. The smallest absolute Gasteiger partial charge is 0.255 e. The third-order valence-corrected chi connectivity index (χ3v) is 5.19. The van der Waals surface area contributed by atoms with Gasteiger partial charge in [0.2, 0.25) is 0 Å². The van der Waals surface area contributed by atoms with Crippen LogP contribution in [0.25, 0.3) is 0 Å². The predicted octanol–water partition coefficient (Wildman–Crippen LogP) is 0.123. The van der Waals surface area contributed by atoms with E-state index in [1.54, 1.807) is 13.2 Å². The summed E-state index contributed by atoms with van der Waals surface area (Å²) in [6, 6.07) is 5.64. The van der Waals surface area contributed by atoms with Gasteiger partial charge in [0, 0.05) is 19.6 Å². The number of fused-ring (bicyclic) bond motifs is 1. The number of rotatable bonds is 6. The van der Waals surface area contributed by atoms with E-state index in [1.165, 1.54) is 0 Å². The van der Waals surface area contributed by atoms with Crippen molar-refractivity contribution in [2.45, 2.75) is 31.6 Å². The fourth-order valence-corrected chi connectivity index (χ4v) is 3.97. The average Bonchev–Trinajstić information content (AvgIpc) is 2.94. The summed E-state index contributed by atoms with van der Waals surface area (Å²) in [6.45, 7) is 2.44. The second kappa shape index (κ2) is 7.59. The van der Waals surface area contributed by atoms with Crippen molar-refractivity contribution >= 4 is 5.91 Å². The monoisotopic (exact) mass is 350 g/mol. The zero-order valence-corrected chi connectivity index (χ0v) is 14.4. The second-order valence-electron chi connectivity index (χ2n) is 7.06. The number of hydrogen-bond acceptors (Lipinski definition) is 6. The molecule has 1 aromatic carbocycles. The number of nitrogens with two attached hydrogens (primary N) is 1. The minimum atomic E-state index is -0.594. The molecule has 1 heterocycles. The Labute approximate surface area is 147 Å². The summed E-state index contributed by atoms with van der Waals surface area (Å²) in [5.74, 6) is 1.42. The number of benzene rings is 1. The molecule has 4 atom stereocenters. The number of likely N-dealkylation sites (tertiary alicyclic amines) is 1. The minimum Gasteiger partial charge on any atom is -0.493 e. The van der Waals surface area contributed by atoms with Crippen LogP contribution in [-0.2, 0) is 11.3 Å². The molecule has 4 N–H and O–H groups in total. The average molecular weight is 350 g/mol. The van der Waals surface area contributed by atoms with Crippen molar-refractivity contribution in [3.8, 4) is 11.5 Å². The van der Waals surface area contributed by atoms with E-state index < -0.39 is 18.1 Å². The lowest BCUT2D eigenvalue weighted by molar-refractivity contribution is -0.119. The number of aliphatic hydroxyl groups excluding tert-OH is 2. The number of methoxy groups -OCH3 is 1. The molecular formula is C18H26N2O5. The highest BCUT2D eigenvalue weighted by molar-refractivity contribution is 5.75. The van der Waals surface area contributed by atoms with Crippen molar-refractivity contribution in [2.24, 2.45) is 17.6 Å². The first-order valence-corrected chi connectivity index (χ1v) is 8.62. The molecule has 138 valence electrons. The maximum atomic E-state index is 10.9. The van der Waals surface area contributed by atoms with Crippen LogP contribution >= 0.6 is 0 Å². The Hall–Kier alpha value is -1.83. The Bertz CT molecular complexity index is 605. The summed E-state index contributed by atoms with van der Waals surface area (Å²) < 4.78 is 10.7. The highest BCUT2D eigenvalue weighted by Crippen LogP contribution is 2.37. The van der Waals surface area contributed by atoms with E-state index in [4.69, 9.17) is 15.2 Å². The number of amides is 1. The van der Waals surface area contributed by atoms with E-state index in [-0.39, 0.29) is 6.61 Å². The van der Waals surface area contributed by atoms with Crippen LogP contribution in [0.1, 0.15) is 18.4 Å². The van der Waals surface area contributed by atoms with Gasteiger partial charge in [-0.1, -0.05) is 6.07 Å². The van der Waals surface area contributed by atoms with Crippen LogP contribution in [0, 0.1) is 11.8 Å². The molecule has 1 aromatic rings. The van der Waals surface area contributed by atoms with Gasteiger partial charge in [-0.25, -0.2) is 0 Å². The van der Waals surface area contributed by atoms with Crippen LogP contribution in [0.5, 0.6) is 11.5 Å². The molecule has 2 fully saturated rings. The number of ether oxygens (including phenoxy) is 2. The highest BCUT2D eigenvalue weighted by atomic mass is 16.5. The standard InChI is InChI=1S/C18H26N2O5/c1-24-17-4-11(2-3-16(17)25-10-18(19)23)7-20-8-12-5-14(21)15(22)6-13(12)9-20/h2-4,12-15,21-22H,5-10H2,1H3,(H2,19,23)/t12-,13+,14-,15-/m0/s1. The molecule has 1 aliphatic heterocycles. The fourth-order valence-electron chi connectivity index (χ4n) is 3.97. The Balaban J connectivity index is 1.62. The number of hydrogen-bond donors (Lipinski definition) is 3. The molecule has 0 spiro atoms. The van der Waals surface area contributed by atoms with E-state index in [9.17, 15) is 15.0 Å². The number of carbonyl (C=O) groups is 1. The van der Waals surface area contributed by atoms with Crippen LogP contribution in [0.3, 0.4) is 0 Å². The first kappa shape index (κ1) is 18.0. The van der Waals surface area contributed by atoms with Crippen molar-refractivity contribution in [1.82, 2.24) is 4.90 Å². The third kappa shape index (κ3) is 4.23. The molecule has 2 aliphatic rings. The zero-order chi connectivity index (χ0) is 18.0. The van der Waals surface area contributed by atoms with Crippen molar-refractivity contribution < 1.29 is 24.5 Å². The van der Waals surface area contributed by atoms with E-state index in [0.29, 0.717) is 36.2 Å². The van der Waals surface area contributed by atoms with E-state index >= 15 is 0 Å². The van der Waals surface area contributed by atoms with Crippen LogP contribution in [-0.4, -0.2) is 60.0 Å². The van der Waals surface area contributed by atoms with Gasteiger partial charge in [0.25, 0.3) is 5.91 Å². The summed E-state index contributed by atoms with van der Waals surface area (Å²) in [4.78, 5) is 13.2. The number of nitrogens with zero attached hydrogens (tertiary/aromatic N) is 1. The van der Waals surface area contributed by atoms with Crippen LogP contribution in [0.2, 0.25) is 0 Å². The van der Waals surface area contributed by atoms with Gasteiger partial charge in [0.1, 0.15) is 0 Å². The molecule has 1 aliphatic carbocycles. The summed E-state index contributed by atoms with van der Waals surface area (Å²) in [6.07, 6.45) is 0.155. The minimum absolute atomic E-state index is 0.185. The van der Waals surface area contributed by atoms with Crippen molar-refractivity contribution in [2.75, 3.05) is 26.8 Å². The molecule has 7 heteroatoms. The lowest BCUT2D eigenvalue weighted by Gasteiger charge is -2.32. The molecule has 0 aromatic heterocycles. The predicted molar refractivity (Wildman–Crippen MR) is 91.2 cm³/mol. The van der Waals surface area contributed by atoms with Gasteiger partial charge in [-0.15, -0.1) is 0 Å². The van der Waals surface area contributed by atoms with Crippen molar-refractivity contribution in [3.05, 3.63) is 23.8 Å². The zero-order valence-electron chi connectivity index (χ0n) is 14.4.